The van der Waals surface area contributed by atoms with Gasteiger partial charge in [0, 0.05) is 50.9 Å². The fraction of sp³-hybridized carbons (Fsp3) is 0.476. The number of ether oxygens (including phenoxy) is 1. The molecule has 3 aliphatic rings. The highest BCUT2D eigenvalue weighted by Crippen LogP contribution is 2.32. The highest BCUT2D eigenvalue weighted by Gasteiger charge is 2.34. The van der Waals surface area contributed by atoms with Gasteiger partial charge in [-0.05, 0) is 12.5 Å². The predicted molar refractivity (Wildman–Crippen MR) is 113 cm³/mol. The van der Waals surface area contributed by atoms with E-state index < -0.39 is 0 Å². The first kappa shape index (κ1) is 18.5. The van der Waals surface area contributed by atoms with Crippen LogP contribution in [0.3, 0.4) is 0 Å². The van der Waals surface area contributed by atoms with Gasteiger partial charge in [0.2, 0.25) is 5.95 Å². The molecule has 8 heteroatoms. The number of rotatable bonds is 5. The molecule has 2 saturated heterocycles. The summed E-state index contributed by atoms with van der Waals surface area (Å²) in [5.41, 5.74) is 7.68. The zero-order chi connectivity index (χ0) is 19.6. The standard InChI is InChI=1S/C21H27N7O/c1-15-3-2-4-16(9-15)10-23-26-21-24-19-14-28(17-11-22-12-17)13-18(19)20(25-21)27-5-7-29-8-6-27/h2-4,9-10,17,22H,5-8,11-14H2,1H3,(H,24,25,26)/b23-10+. The van der Waals surface area contributed by atoms with Crippen LogP contribution in [0, 0.1) is 6.92 Å². The van der Waals surface area contributed by atoms with Gasteiger partial charge in [0.25, 0.3) is 0 Å². The van der Waals surface area contributed by atoms with E-state index in [9.17, 15) is 0 Å². The lowest BCUT2D eigenvalue weighted by molar-refractivity contribution is 0.122. The van der Waals surface area contributed by atoms with Gasteiger partial charge >= 0.3 is 0 Å². The molecule has 2 fully saturated rings. The van der Waals surface area contributed by atoms with Crippen molar-refractivity contribution < 1.29 is 4.74 Å². The van der Waals surface area contributed by atoms with Gasteiger partial charge in [-0.3, -0.25) is 4.90 Å². The number of nitrogens with one attached hydrogen (secondary N) is 2. The number of hydrazone groups is 1. The van der Waals surface area contributed by atoms with Crippen LogP contribution in [0.5, 0.6) is 0 Å². The van der Waals surface area contributed by atoms with Crippen LogP contribution in [0.15, 0.2) is 29.4 Å². The predicted octanol–water partition coefficient (Wildman–Crippen LogP) is 1.36. The monoisotopic (exact) mass is 393 g/mol. The zero-order valence-electron chi connectivity index (χ0n) is 16.8. The molecule has 29 heavy (non-hydrogen) atoms. The van der Waals surface area contributed by atoms with Gasteiger partial charge in [-0.25, -0.2) is 10.4 Å². The maximum atomic E-state index is 5.54. The maximum absolute atomic E-state index is 5.54. The number of anilines is 2. The molecule has 0 saturated carbocycles. The van der Waals surface area contributed by atoms with Crippen LogP contribution in [-0.4, -0.2) is 66.5 Å². The Balaban J connectivity index is 1.39. The number of hydrogen-bond acceptors (Lipinski definition) is 8. The second-order valence-corrected chi connectivity index (χ2v) is 7.90. The molecule has 2 N–H and O–H groups in total. The molecule has 0 spiro atoms. The Kier molecular flexibility index (Phi) is 5.13. The van der Waals surface area contributed by atoms with Gasteiger partial charge in [0.05, 0.1) is 25.1 Å². The number of fused-ring (bicyclic) bond motifs is 1. The Bertz CT molecular complexity index is 906. The van der Waals surface area contributed by atoms with E-state index in [-0.39, 0.29) is 0 Å². The number of nitrogens with zero attached hydrogens (tertiary/aromatic N) is 5. The third-order valence-corrected chi connectivity index (χ3v) is 5.79. The largest absolute Gasteiger partial charge is 0.378 e. The minimum atomic E-state index is 0.558. The lowest BCUT2D eigenvalue weighted by atomic mass is 10.1. The molecule has 0 unspecified atom stereocenters. The molecular formula is C21H27N7O. The van der Waals surface area contributed by atoms with E-state index in [1.54, 1.807) is 0 Å². The number of aryl methyl sites for hydroxylation is 1. The molecule has 1 aromatic carbocycles. The summed E-state index contributed by atoms with van der Waals surface area (Å²) in [5, 5.41) is 7.74. The minimum absolute atomic E-state index is 0.558. The maximum Gasteiger partial charge on any atom is 0.245 e. The molecule has 8 nitrogen and oxygen atoms in total. The summed E-state index contributed by atoms with van der Waals surface area (Å²) >= 11 is 0. The van der Waals surface area contributed by atoms with Crippen molar-refractivity contribution >= 4 is 18.0 Å². The normalized spacial score (nSPS) is 20.1. The molecule has 152 valence electrons. The fourth-order valence-corrected chi connectivity index (χ4v) is 4.05. The third-order valence-electron chi connectivity index (χ3n) is 5.79. The van der Waals surface area contributed by atoms with Crippen LogP contribution >= 0.6 is 0 Å². The second-order valence-electron chi connectivity index (χ2n) is 7.90. The molecule has 0 amide bonds. The lowest BCUT2D eigenvalue weighted by Gasteiger charge is -2.35. The molecule has 0 aliphatic carbocycles. The van der Waals surface area contributed by atoms with Crippen molar-refractivity contribution in [3.05, 3.63) is 46.6 Å². The van der Waals surface area contributed by atoms with E-state index in [1.165, 1.54) is 11.1 Å². The summed E-state index contributed by atoms with van der Waals surface area (Å²) in [6.45, 7) is 9.18. The average Bonchev–Trinajstić information content (AvgIpc) is 3.10. The number of morpholine rings is 1. The van der Waals surface area contributed by atoms with E-state index in [4.69, 9.17) is 14.7 Å². The molecule has 5 rings (SSSR count). The highest BCUT2D eigenvalue weighted by atomic mass is 16.5. The number of benzene rings is 1. The lowest BCUT2D eigenvalue weighted by Crippen LogP contribution is -2.55. The average molecular weight is 393 g/mol. The van der Waals surface area contributed by atoms with Gasteiger partial charge < -0.3 is 15.0 Å². The van der Waals surface area contributed by atoms with E-state index >= 15 is 0 Å². The smallest absolute Gasteiger partial charge is 0.245 e. The van der Waals surface area contributed by atoms with Crippen LogP contribution < -0.4 is 15.6 Å². The first-order chi connectivity index (χ1) is 14.3. The molecule has 1 aromatic heterocycles. The van der Waals surface area contributed by atoms with Crippen LogP contribution in [0.25, 0.3) is 0 Å². The van der Waals surface area contributed by atoms with Crippen molar-refractivity contribution in [2.24, 2.45) is 5.10 Å². The summed E-state index contributed by atoms with van der Waals surface area (Å²) in [7, 11) is 0. The van der Waals surface area contributed by atoms with Crippen LogP contribution in [0.1, 0.15) is 22.4 Å². The molecule has 2 aromatic rings. The van der Waals surface area contributed by atoms with Crippen LogP contribution in [0.4, 0.5) is 11.8 Å². The first-order valence-electron chi connectivity index (χ1n) is 10.3. The quantitative estimate of drug-likeness (QED) is 0.587. The van der Waals surface area contributed by atoms with E-state index in [0.29, 0.717) is 12.0 Å². The summed E-state index contributed by atoms with van der Waals surface area (Å²) in [5.74, 6) is 1.59. The molecular weight excluding hydrogens is 366 g/mol. The minimum Gasteiger partial charge on any atom is -0.378 e. The van der Waals surface area contributed by atoms with Gasteiger partial charge in [0.1, 0.15) is 5.82 Å². The summed E-state index contributed by atoms with van der Waals surface area (Å²) in [6.07, 6.45) is 1.81. The Morgan fingerprint density at radius 2 is 2.07 bits per heavy atom. The second kappa shape index (κ2) is 8.06. The first-order valence-corrected chi connectivity index (χ1v) is 10.3. The Labute approximate surface area is 171 Å². The van der Waals surface area contributed by atoms with Crippen molar-refractivity contribution in [3.63, 3.8) is 0 Å². The topological polar surface area (TPSA) is 77.9 Å². The Morgan fingerprint density at radius 1 is 1.21 bits per heavy atom. The third kappa shape index (κ3) is 3.96. The number of aromatic nitrogens is 2. The molecule has 0 bridgehead atoms. The number of hydrogen-bond donors (Lipinski definition) is 2. The highest BCUT2D eigenvalue weighted by molar-refractivity contribution is 5.80. The van der Waals surface area contributed by atoms with Crippen LogP contribution in [0.2, 0.25) is 0 Å². The van der Waals surface area contributed by atoms with E-state index in [2.05, 4.69) is 44.7 Å². The van der Waals surface area contributed by atoms with Crippen molar-refractivity contribution in [1.29, 1.82) is 0 Å². The molecule has 4 heterocycles. The van der Waals surface area contributed by atoms with Crippen molar-refractivity contribution in [2.75, 3.05) is 49.7 Å². The zero-order valence-corrected chi connectivity index (χ0v) is 16.8. The van der Waals surface area contributed by atoms with Crippen molar-refractivity contribution in [1.82, 2.24) is 20.2 Å². The van der Waals surface area contributed by atoms with Gasteiger partial charge in [-0.2, -0.15) is 10.1 Å². The van der Waals surface area contributed by atoms with Gasteiger partial charge in [0.15, 0.2) is 0 Å². The summed E-state index contributed by atoms with van der Waals surface area (Å²) in [6, 6.07) is 8.83. The summed E-state index contributed by atoms with van der Waals surface area (Å²) in [4.78, 5) is 14.5. The van der Waals surface area contributed by atoms with E-state index in [0.717, 1.165) is 69.6 Å². The Hall–Kier alpha value is -2.55. The molecule has 3 aliphatic heterocycles. The van der Waals surface area contributed by atoms with Crippen molar-refractivity contribution in [3.8, 4) is 0 Å². The fourth-order valence-electron chi connectivity index (χ4n) is 4.05. The van der Waals surface area contributed by atoms with E-state index in [1.807, 2.05) is 18.3 Å². The van der Waals surface area contributed by atoms with Gasteiger partial charge in [-0.15, -0.1) is 0 Å². The van der Waals surface area contributed by atoms with Crippen LogP contribution in [-0.2, 0) is 17.8 Å². The van der Waals surface area contributed by atoms with Gasteiger partial charge in [-0.1, -0.05) is 29.8 Å². The SMILES string of the molecule is Cc1cccc(/C=N/Nc2nc3c(c(N4CCOCC4)n2)CN(C2CNC2)C3)c1. The molecule has 0 radical (unpaired) electrons. The summed E-state index contributed by atoms with van der Waals surface area (Å²) < 4.78 is 5.54. The van der Waals surface area contributed by atoms with Crippen molar-refractivity contribution in [2.45, 2.75) is 26.1 Å². The Morgan fingerprint density at radius 3 is 2.83 bits per heavy atom. The molecule has 0 atom stereocenters.